The zero-order valence-corrected chi connectivity index (χ0v) is 18.9. The summed E-state index contributed by atoms with van der Waals surface area (Å²) >= 11 is 0. The largest absolute Gasteiger partial charge is 0.444 e. The zero-order valence-electron chi connectivity index (χ0n) is 18.9. The highest BCUT2D eigenvalue weighted by Gasteiger charge is 2.32. The van der Waals surface area contributed by atoms with E-state index in [0.717, 1.165) is 11.1 Å². The van der Waals surface area contributed by atoms with Crippen LogP contribution < -0.4 is 0 Å². The van der Waals surface area contributed by atoms with E-state index >= 15 is 0 Å². The molecule has 1 atom stereocenters. The van der Waals surface area contributed by atoms with Gasteiger partial charge in [0.05, 0.1) is 46.2 Å². The van der Waals surface area contributed by atoms with E-state index in [4.69, 9.17) is 28.8 Å². The van der Waals surface area contributed by atoms with Gasteiger partial charge in [0.25, 0.3) is 0 Å². The Labute approximate surface area is 198 Å². The lowest BCUT2D eigenvalue weighted by molar-refractivity contribution is -0.0612. The maximum Gasteiger partial charge on any atom is 0.421 e. The average molecular weight is 478 g/mol. The molecular weight excluding hydrogens is 446 g/mol. The monoisotopic (exact) mass is 477 g/mol. The molecule has 34 heavy (non-hydrogen) atoms. The number of amides is 2. The van der Waals surface area contributed by atoms with Crippen molar-refractivity contribution in [2.45, 2.75) is 19.4 Å². The van der Waals surface area contributed by atoms with Crippen molar-refractivity contribution in [3.05, 3.63) is 71.8 Å². The second-order valence-electron chi connectivity index (χ2n) is 6.95. The van der Waals surface area contributed by atoms with Crippen LogP contribution in [0.3, 0.4) is 0 Å². The van der Waals surface area contributed by atoms with Gasteiger partial charge in [-0.3, -0.25) is 0 Å². The number of nitrogens with zero attached hydrogens (tertiary/aromatic N) is 1. The molecule has 2 rings (SSSR count). The first-order valence-corrected chi connectivity index (χ1v) is 10.8. The van der Waals surface area contributed by atoms with Crippen molar-refractivity contribution < 1.29 is 43.5 Å². The van der Waals surface area contributed by atoms with Crippen molar-refractivity contribution in [2.75, 3.05) is 46.2 Å². The lowest BCUT2D eigenvalue weighted by atomic mass is 10.2. The van der Waals surface area contributed by atoms with Crippen molar-refractivity contribution in [1.29, 1.82) is 0 Å². The van der Waals surface area contributed by atoms with Crippen molar-refractivity contribution in [3.8, 4) is 0 Å². The standard InChI is InChI=1S/C24H31NO9/c26-11-12-30-13-14-31-15-16-32-19-22(27)25(23(28)33-17-20-7-3-1-4-8-20)24(29)34-18-21-9-5-2-6-10-21/h1-10,22,26-27H,11-19H2. The third kappa shape index (κ3) is 10.7. The van der Waals surface area contributed by atoms with Crippen LogP contribution in [0.5, 0.6) is 0 Å². The third-order valence-corrected chi connectivity index (χ3v) is 4.35. The molecule has 0 aromatic heterocycles. The van der Waals surface area contributed by atoms with Gasteiger partial charge < -0.3 is 33.9 Å². The van der Waals surface area contributed by atoms with E-state index < -0.39 is 18.4 Å². The molecule has 186 valence electrons. The molecule has 10 nitrogen and oxygen atoms in total. The highest BCUT2D eigenvalue weighted by Crippen LogP contribution is 2.10. The summed E-state index contributed by atoms with van der Waals surface area (Å²) in [6, 6.07) is 17.9. The molecular formula is C24H31NO9. The van der Waals surface area contributed by atoms with Gasteiger partial charge in [-0.05, 0) is 11.1 Å². The number of aliphatic hydroxyl groups excluding tert-OH is 2. The second-order valence-corrected chi connectivity index (χ2v) is 6.95. The molecule has 2 aromatic rings. The number of hydrogen-bond acceptors (Lipinski definition) is 9. The molecule has 0 radical (unpaired) electrons. The van der Waals surface area contributed by atoms with Gasteiger partial charge in [0.2, 0.25) is 0 Å². The average Bonchev–Trinajstić information content (AvgIpc) is 2.86. The van der Waals surface area contributed by atoms with E-state index in [0.29, 0.717) is 18.1 Å². The van der Waals surface area contributed by atoms with Crippen LogP contribution in [0.25, 0.3) is 0 Å². The first-order valence-electron chi connectivity index (χ1n) is 10.8. The van der Waals surface area contributed by atoms with Gasteiger partial charge in [-0.2, -0.15) is 4.90 Å². The fraction of sp³-hybridized carbons (Fsp3) is 0.417. The molecule has 0 saturated carbocycles. The Kier molecular flexibility index (Phi) is 13.3. The minimum Gasteiger partial charge on any atom is -0.444 e. The quantitative estimate of drug-likeness (QED) is 0.294. The van der Waals surface area contributed by atoms with Gasteiger partial charge in [0, 0.05) is 0 Å². The number of aliphatic hydroxyl groups is 2. The van der Waals surface area contributed by atoms with Gasteiger partial charge >= 0.3 is 12.2 Å². The Bertz CT molecular complexity index is 764. The maximum absolute atomic E-state index is 12.6. The summed E-state index contributed by atoms with van der Waals surface area (Å²) in [5, 5.41) is 19.1. The second kappa shape index (κ2) is 16.6. The van der Waals surface area contributed by atoms with Crippen LogP contribution in [0.4, 0.5) is 9.59 Å². The summed E-state index contributed by atoms with van der Waals surface area (Å²) in [6.07, 6.45) is -3.75. The number of carbonyl (C=O) groups is 2. The van der Waals surface area contributed by atoms with Crippen LogP contribution in [0.15, 0.2) is 60.7 Å². The molecule has 0 bridgehead atoms. The topological polar surface area (TPSA) is 124 Å². The smallest absolute Gasteiger partial charge is 0.421 e. The maximum atomic E-state index is 12.6. The first-order chi connectivity index (χ1) is 16.6. The first kappa shape index (κ1) is 27.2. The van der Waals surface area contributed by atoms with E-state index in [-0.39, 0.29) is 46.2 Å². The minimum absolute atomic E-state index is 0.0565. The lowest BCUT2D eigenvalue weighted by Gasteiger charge is -2.25. The van der Waals surface area contributed by atoms with Crippen molar-refractivity contribution >= 4 is 12.2 Å². The fourth-order valence-corrected chi connectivity index (χ4v) is 2.66. The van der Waals surface area contributed by atoms with Crippen molar-refractivity contribution in [2.24, 2.45) is 0 Å². The Morgan fingerprint density at radius 2 is 1.15 bits per heavy atom. The predicted octanol–water partition coefficient (Wildman–Crippen LogP) is 2.32. The Morgan fingerprint density at radius 1 is 0.706 bits per heavy atom. The van der Waals surface area contributed by atoms with E-state index in [2.05, 4.69) is 0 Å². The van der Waals surface area contributed by atoms with Gasteiger partial charge in [-0.25, -0.2) is 9.59 Å². The number of hydrogen-bond donors (Lipinski definition) is 2. The van der Waals surface area contributed by atoms with E-state index in [1.807, 2.05) is 12.1 Å². The highest BCUT2D eigenvalue weighted by atomic mass is 16.6. The molecule has 1 unspecified atom stereocenters. The summed E-state index contributed by atoms with van der Waals surface area (Å²) in [5.74, 6) is 0. The summed E-state index contributed by atoms with van der Waals surface area (Å²) in [6.45, 7) is 0.638. The molecule has 0 fully saturated rings. The summed E-state index contributed by atoms with van der Waals surface area (Å²) in [4.78, 5) is 25.7. The van der Waals surface area contributed by atoms with Gasteiger partial charge in [-0.15, -0.1) is 0 Å². The van der Waals surface area contributed by atoms with Crippen molar-refractivity contribution in [1.82, 2.24) is 4.90 Å². The summed E-state index contributed by atoms with van der Waals surface area (Å²) < 4.78 is 26.0. The predicted molar refractivity (Wildman–Crippen MR) is 121 cm³/mol. The molecule has 10 heteroatoms. The SMILES string of the molecule is O=C(OCc1ccccc1)N(C(=O)OCc1ccccc1)C(O)COCCOCCOCCO. The fourth-order valence-electron chi connectivity index (χ4n) is 2.66. The number of ether oxygens (including phenoxy) is 5. The normalized spacial score (nSPS) is 11.6. The molecule has 0 aliphatic carbocycles. The molecule has 0 saturated heterocycles. The lowest BCUT2D eigenvalue weighted by Crippen LogP contribution is -2.47. The van der Waals surface area contributed by atoms with E-state index in [1.165, 1.54) is 0 Å². The zero-order chi connectivity index (χ0) is 24.4. The molecule has 2 aromatic carbocycles. The molecule has 0 aliphatic heterocycles. The van der Waals surface area contributed by atoms with Crippen LogP contribution in [-0.4, -0.2) is 79.8 Å². The molecule has 0 heterocycles. The van der Waals surface area contributed by atoms with Gasteiger partial charge in [-0.1, -0.05) is 60.7 Å². The van der Waals surface area contributed by atoms with E-state index in [1.54, 1.807) is 48.5 Å². The molecule has 2 amide bonds. The number of imide groups is 1. The summed E-state index contributed by atoms with van der Waals surface area (Å²) in [5.41, 5.74) is 1.44. The Morgan fingerprint density at radius 3 is 1.62 bits per heavy atom. The number of benzene rings is 2. The van der Waals surface area contributed by atoms with Crippen LogP contribution in [0.1, 0.15) is 11.1 Å². The van der Waals surface area contributed by atoms with Crippen LogP contribution in [-0.2, 0) is 36.9 Å². The molecule has 2 N–H and O–H groups in total. The van der Waals surface area contributed by atoms with Crippen LogP contribution in [0.2, 0.25) is 0 Å². The third-order valence-electron chi connectivity index (χ3n) is 4.35. The van der Waals surface area contributed by atoms with Gasteiger partial charge in [0.15, 0.2) is 6.23 Å². The molecule has 0 spiro atoms. The number of carbonyl (C=O) groups excluding carboxylic acids is 2. The van der Waals surface area contributed by atoms with Gasteiger partial charge in [0.1, 0.15) is 13.2 Å². The van der Waals surface area contributed by atoms with Crippen molar-refractivity contribution in [3.63, 3.8) is 0 Å². The minimum atomic E-state index is -1.63. The Hall–Kier alpha value is -3.02. The van der Waals surface area contributed by atoms with E-state index in [9.17, 15) is 14.7 Å². The summed E-state index contributed by atoms with van der Waals surface area (Å²) in [7, 11) is 0. The Balaban J connectivity index is 1.84. The number of rotatable bonds is 15. The molecule has 0 aliphatic rings. The highest BCUT2D eigenvalue weighted by molar-refractivity contribution is 5.88. The van der Waals surface area contributed by atoms with Crippen LogP contribution >= 0.6 is 0 Å². The van der Waals surface area contributed by atoms with Crippen LogP contribution in [0, 0.1) is 0 Å².